The van der Waals surface area contributed by atoms with Crippen LogP contribution in [-0.2, 0) is 4.79 Å². The van der Waals surface area contributed by atoms with Crippen molar-refractivity contribution in [2.45, 2.75) is 44.1 Å². The van der Waals surface area contributed by atoms with E-state index < -0.39 is 18.4 Å². The monoisotopic (exact) mass is 206 g/mol. The second-order valence-electron chi connectivity index (χ2n) is 3.72. The number of halogens is 2. The lowest BCUT2D eigenvalue weighted by molar-refractivity contribution is -0.145. The first-order valence-electron chi connectivity index (χ1n) is 4.95. The summed E-state index contributed by atoms with van der Waals surface area (Å²) in [6.07, 6.45) is 4.72. The summed E-state index contributed by atoms with van der Waals surface area (Å²) in [6.45, 7) is -0.925. The van der Waals surface area contributed by atoms with Crippen LogP contribution in [0, 0.1) is 0 Å². The summed E-state index contributed by atoms with van der Waals surface area (Å²) in [6, 6.07) is -0.0892. The first kappa shape index (κ1) is 11.4. The van der Waals surface area contributed by atoms with E-state index in [1.165, 1.54) is 0 Å². The predicted molar refractivity (Wildman–Crippen MR) is 49.0 cm³/mol. The molecule has 0 aliphatic heterocycles. The van der Waals surface area contributed by atoms with E-state index >= 15 is 0 Å². The van der Waals surface area contributed by atoms with Crippen LogP contribution in [0.3, 0.4) is 0 Å². The van der Waals surface area contributed by atoms with E-state index in [1.54, 1.807) is 0 Å². The summed E-state index contributed by atoms with van der Waals surface area (Å²) in [5.41, 5.74) is 4.80. The van der Waals surface area contributed by atoms with Gasteiger partial charge in [0.15, 0.2) is 0 Å². The normalized spacial score (nSPS) is 19.4. The van der Waals surface area contributed by atoms with Crippen LogP contribution in [0.5, 0.6) is 0 Å². The van der Waals surface area contributed by atoms with Crippen molar-refractivity contribution >= 4 is 5.91 Å². The van der Waals surface area contributed by atoms with E-state index in [4.69, 9.17) is 5.73 Å². The molecule has 1 fully saturated rings. The van der Waals surface area contributed by atoms with Crippen molar-refractivity contribution < 1.29 is 13.6 Å². The number of alkyl halides is 2. The van der Waals surface area contributed by atoms with E-state index in [0.717, 1.165) is 32.1 Å². The standard InChI is InChI=1S/C9H16F2N2O/c10-9(11,6-12)8(14)13-7-4-2-1-3-5-7/h7H,1-6,12H2,(H,13,14). The fourth-order valence-electron chi connectivity index (χ4n) is 1.63. The molecule has 1 aliphatic carbocycles. The molecule has 5 heteroatoms. The lowest BCUT2D eigenvalue weighted by Crippen LogP contribution is -2.49. The highest BCUT2D eigenvalue weighted by atomic mass is 19.3. The Labute approximate surface area is 82.0 Å². The van der Waals surface area contributed by atoms with Gasteiger partial charge in [-0.2, -0.15) is 8.78 Å². The van der Waals surface area contributed by atoms with Gasteiger partial charge < -0.3 is 11.1 Å². The second kappa shape index (κ2) is 4.68. The number of hydrogen-bond acceptors (Lipinski definition) is 2. The number of hydrogen-bond donors (Lipinski definition) is 2. The fraction of sp³-hybridized carbons (Fsp3) is 0.889. The maximum atomic E-state index is 12.8. The Bertz CT molecular complexity index is 203. The minimum absolute atomic E-state index is 0.0892. The van der Waals surface area contributed by atoms with Gasteiger partial charge in [-0.15, -0.1) is 0 Å². The molecule has 82 valence electrons. The molecule has 3 N–H and O–H groups in total. The van der Waals surface area contributed by atoms with Crippen molar-refractivity contribution in [3.05, 3.63) is 0 Å². The highest BCUT2D eigenvalue weighted by Gasteiger charge is 2.38. The van der Waals surface area contributed by atoms with Crippen molar-refractivity contribution in [1.82, 2.24) is 5.32 Å². The van der Waals surface area contributed by atoms with Gasteiger partial charge in [-0.3, -0.25) is 4.79 Å². The topological polar surface area (TPSA) is 55.1 Å². The third-order valence-corrected chi connectivity index (χ3v) is 2.53. The molecule has 0 bridgehead atoms. The number of nitrogens with one attached hydrogen (secondary N) is 1. The molecule has 0 aromatic heterocycles. The van der Waals surface area contributed by atoms with Gasteiger partial charge in [0, 0.05) is 6.04 Å². The van der Waals surface area contributed by atoms with Gasteiger partial charge in [0.05, 0.1) is 6.54 Å². The Morgan fingerprint density at radius 2 is 1.93 bits per heavy atom. The minimum Gasteiger partial charge on any atom is -0.348 e. The molecule has 0 aromatic carbocycles. The Hall–Kier alpha value is -0.710. The van der Waals surface area contributed by atoms with E-state index in [0.29, 0.717) is 0 Å². The number of amides is 1. The van der Waals surface area contributed by atoms with Crippen LogP contribution in [-0.4, -0.2) is 24.4 Å². The first-order valence-corrected chi connectivity index (χ1v) is 4.95. The summed E-state index contributed by atoms with van der Waals surface area (Å²) in [7, 11) is 0. The molecule has 1 saturated carbocycles. The van der Waals surface area contributed by atoms with Crippen molar-refractivity contribution in [3.63, 3.8) is 0 Å². The third-order valence-electron chi connectivity index (χ3n) is 2.53. The molecule has 0 heterocycles. The minimum atomic E-state index is -3.42. The molecule has 0 radical (unpaired) electrons. The summed E-state index contributed by atoms with van der Waals surface area (Å²) in [4.78, 5) is 11.0. The highest BCUT2D eigenvalue weighted by Crippen LogP contribution is 2.19. The van der Waals surface area contributed by atoms with Crippen LogP contribution in [0.1, 0.15) is 32.1 Å². The average Bonchev–Trinajstić information content (AvgIpc) is 2.19. The van der Waals surface area contributed by atoms with Crippen LogP contribution >= 0.6 is 0 Å². The molecule has 1 rings (SSSR count). The van der Waals surface area contributed by atoms with Crippen molar-refractivity contribution in [2.75, 3.05) is 6.54 Å². The quantitative estimate of drug-likeness (QED) is 0.724. The van der Waals surface area contributed by atoms with Crippen LogP contribution in [0.4, 0.5) is 8.78 Å². The summed E-state index contributed by atoms with van der Waals surface area (Å²) in [5, 5.41) is 2.34. The molecule has 0 unspecified atom stereocenters. The van der Waals surface area contributed by atoms with E-state index in [9.17, 15) is 13.6 Å². The van der Waals surface area contributed by atoms with Crippen molar-refractivity contribution in [1.29, 1.82) is 0 Å². The zero-order chi connectivity index (χ0) is 10.6. The average molecular weight is 206 g/mol. The molecule has 3 nitrogen and oxygen atoms in total. The molecule has 1 amide bonds. The zero-order valence-corrected chi connectivity index (χ0v) is 8.06. The van der Waals surface area contributed by atoms with E-state index in [1.807, 2.05) is 0 Å². The van der Waals surface area contributed by atoms with Gasteiger partial charge in [0.2, 0.25) is 0 Å². The predicted octanol–water partition coefficient (Wildman–Crippen LogP) is 1.03. The molecular formula is C9H16F2N2O. The van der Waals surface area contributed by atoms with Gasteiger partial charge in [-0.25, -0.2) is 0 Å². The lowest BCUT2D eigenvalue weighted by atomic mass is 9.95. The van der Waals surface area contributed by atoms with Crippen LogP contribution in [0.2, 0.25) is 0 Å². The first-order chi connectivity index (χ1) is 6.56. The van der Waals surface area contributed by atoms with Crippen molar-refractivity contribution in [2.24, 2.45) is 5.73 Å². The van der Waals surface area contributed by atoms with E-state index in [-0.39, 0.29) is 6.04 Å². The number of carbonyl (C=O) groups is 1. The van der Waals surface area contributed by atoms with Crippen LogP contribution < -0.4 is 11.1 Å². The number of nitrogens with two attached hydrogens (primary N) is 1. The Balaban J connectivity index is 2.39. The number of rotatable bonds is 3. The van der Waals surface area contributed by atoms with Gasteiger partial charge in [-0.1, -0.05) is 19.3 Å². The Morgan fingerprint density at radius 3 is 2.43 bits per heavy atom. The maximum absolute atomic E-state index is 12.8. The lowest BCUT2D eigenvalue weighted by Gasteiger charge is -2.24. The molecule has 0 saturated heterocycles. The molecular weight excluding hydrogens is 190 g/mol. The molecule has 0 atom stereocenters. The smallest absolute Gasteiger partial charge is 0.336 e. The maximum Gasteiger partial charge on any atom is 0.336 e. The largest absolute Gasteiger partial charge is 0.348 e. The van der Waals surface area contributed by atoms with Gasteiger partial charge in [0.25, 0.3) is 5.91 Å². The molecule has 0 aromatic rings. The third kappa shape index (κ3) is 2.90. The van der Waals surface area contributed by atoms with Crippen LogP contribution in [0.25, 0.3) is 0 Å². The molecule has 0 spiro atoms. The second-order valence-corrected chi connectivity index (χ2v) is 3.72. The summed E-state index contributed by atoms with van der Waals surface area (Å²) < 4.78 is 25.5. The van der Waals surface area contributed by atoms with Crippen LogP contribution in [0.15, 0.2) is 0 Å². The van der Waals surface area contributed by atoms with Gasteiger partial charge in [0.1, 0.15) is 0 Å². The van der Waals surface area contributed by atoms with E-state index in [2.05, 4.69) is 5.32 Å². The Kier molecular flexibility index (Phi) is 3.80. The van der Waals surface area contributed by atoms with Gasteiger partial charge in [-0.05, 0) is 12.8 Å². The van der Waals surface area contributed by atoms with Crippen molar-refractivity contribution in [3.8, 4) is 0 Å². The summed E-state index contributed by atoms with van der Waals surface area (Å²) in [5.74, 6) is -4.65. The molecule has 14 heavy (non-hydrogen) atoms. The zero-order valence-electron chi connectivity index (χ0n) is 8.06. The molecule has 1 aliphatic rings. The Morgan fingerprint density at radius 1 is 1.36 bits per heavy atom. The fourth-order valence-corrected chi connectivity index (χ4v) is 1.63. The summed E-state index contributed by atoms with van der Waals surface area (Å²) >= 11 is 0. The number of carbonyl (C=O) groups excluding carboxylic acids is 1. The highest BCUT2D eigenvalue weighted by molar-refractivity contribution is 5.83. The van der Waals surface area contributed by atoms with Gasteiger partial charge >= 0.3 is 5.92 Å². The SMILES string of the molecule is NCC(F)(F)C(=O)NC1CCCCC1.